The van der Waals surface area contributed by atoms with Crippen molar-refractivity contribution in [3.05, 3.63) is 54.1 Å². The van der Waals surface area contributed by atoms with E-state index in [4.69, 9.17) is 4.74 Å². The van der Waals surface area contributed by atoms with Gasteiger partial charge in [-0.2, -0.15) is 4.31 Å². The number of amides is 2. The summed E-state index contributed by atoms with van der Waals surface area (Å²) in [6, 6.07) is 13.2. The number of hydrogen-bond donors (Lipinski definition) is 2. The molecule has 1 aliphatic rings. The zero-order valence-corrected chi connectivity index (χ0v) is 20.2. The van der Waals surface area contributed by atoms with E-state index in [1.807, 2.05) is 6.92 Å². The molecule has 0 aliphatic carbocycles. The van der Waals surface area contributed by atoms with Gasteiger partial charge in [-0.05, 0) is 63.1 Å². The molecule has 1 heterocycles. The van der Waals surface area contributed by atoms with E-state index in [-0.39, 0.29) is 23.9 Å². The van der Waals surface area contributed by atoms with E-state index in [2.05, 4.69) is 10.6 Å². The van der Waals surface area contributed by atoms with Gasteiger partial charge in [0.25, 0.3) is 5.91 Å². The Hall–Kier alpha value is -3.24. The van der Waals surface area contributed by atoms with Gasteiger partial charge >= 0.3 is 5.97 Å². The Balaban J connectivity index is 1.49. The molecule has 1 fully saturated rings. The predicted octanol–water partition coefficient (Wildman–Crippen LogP) is 2.92. The third kappa shape index (κ3) is 6.42. The van der Waals surface area contributed by atoms with Crippen LogP contribution in [-0.4, -0.2) is 49.7 Å². The van der Waals surface area contributed by atoms with E-state index in [0.29, 0.717) is 24.2 Å². The molecular weight excluding hydrogens is 458 g/mol. The fraction of sp³-hybridized carbons (Fsp3) is 0.375. The van der Waals surface area contributed by atoms with E-state index in [9.17, 15) is 22.8 Å². The fourth-order valence-electron chi connectivity index (χ4n) is 3.60. The van der Waals surface area contributed by atoms with Gasteiger partial charge in [-0.15, -0.1) is 0 Å². The lowest BCUT2D eigenvalue weighted by Gasteiger charge is -2.30. The molecular formula is C24H29N3O6S. The lowest BCUT2D eigenvalue weighted by molar-refractivity contribution is -0.158. The van der Waals surface area contributed by atoms with Gasteiger partial charge < -0.3 is 15.4 Å². The highest BCUT2D eigenvalue weighted by molar-refractivity contribution is 7.89. The molecule has 0 aromatic heterocycles. The summed E-state index contributed by atoms with van der Waals surface area (Å²) in [6.45, 7) is 5.18. The number of benzene rings is 2. The minimum atomic E-state index is -3.61. The first-order valence-electron chi connectivity index (χ1n) is 11.0. The van der Waals surface area contributed by atoms with Crippen molar-refractivity contribution < 1.29 is 27.5 Å². The molecule has 2 aromatic carbocycles. The first-order valence-corrected chi connectivity index (χ1v) is 12.5. The molecule has 9 nitrogen and oxygen atoms in total. The first kappa shape index (κ1) is 25.4. The van der Waals surface area contributed by atoms with Gasteiger partial charge in [-0.25, -0.2) is 8.42 Å². The number of nitrogens with zero attached hydrogens (tertiary/aromatic N) is 1. The van der Waals surface area contributed by atoms with Gasteiger partial charge in [-0.3, -0.25) is 14.4 Å². The zero-order valence-electron chi connectivity index (χ0n) is 19.4. The number of anilines is 2. The number of sulfonamides is 1. The van der Waals surface area contributed by atoms with Crippen LogP contribution in [-0.2, 0) is 29.1 Å². The minimum Gasteiger partial charge on any atom is -0.452 e. The lowest BCUT2D eigenvalue weighted by atomic mass is 9.98. The number of aryl methyl sites for hydroxylation is 1. The summed E-state index contributed by atoms with van der Waals surface area (Å²) in [5.41, 5.74) is 2.07. The van der Waals surface area contributed by atoms with Crippen molar-refractivity contribution in [2.45, 2.75) is 44.6 Å². The van der Waals surface area contributed by atoms with Gasteiger partial charge in [-0.1, -0.05) is 17.7 Å². The number of hydrogen-bond acceptors (Lipinski definition) is 6. The van der Waals surface area contributed by atoms with Gasteiger partial charge in [0.1, 0.15) is 0 Å². The summed E-state index contributed by atoms with van der Waals surface area (Å²) in [6.07, 6.45) is -0.372. The molecule has 34 heavy (non-hydrogen) atoms. The summed E-state index contributed by atoms with van der Waals surface area (Å²) < 4.78 is 32.4. The lowest BCUT2D eigenvalue weighted by Crippen LogP contribution is -2.41. The van der Waals surface area contributed by atoms with Crippen LogP contribution in [0.4, 0.5) is 11.4 Å². The molecule has 1 saturated heterocycles. The highest BCUT2D eigenvalue weighted by Crippen LogP contribution is 2.25. The molecule has 1 aliphatic heterocycles. The topological polar surface area (TPSA) is 122 Å². The molecule has 3 rings (SSSR count). The van der Waals surface area contributed by atoms with E-state index in [0.717, 1.165) is 5.56 Å². The number of piperidine rings is 1. The Morgan fingerprint density at radius 1 is 0.941 bits per heavy atom. The average molecular weight is 488 g/mol. The largest absolute Gasteiger partial charge is 0.452 e. The van der Waals surface area contributed by atoms with Crippen LogP contribution < -0.4 is 10.6 Å². The van der Waals surface area contributed by atoms with Crippen molar-refractivity contribution in [3.8, 4) is 0 Å². The average Bonchev–Trinajstić information content (AvgIpc) is 2.80. The normalized spacial score (nSPS) is 15.9. The van der Waals surface area contributed by atoms with E-state index in [1.54, 1.807) is 48.5 Å². The monoisotopic (exact) mass is 487 g/mol. The Labute approximate surface area is 199 Å². The number of nitrogens with one attached hydrogen (secondary N) is 2. The maximum atomic E-state index is 12.8. The number of carbonyl (C=O) groups excluding carboxylic acids is 3. The van der Waals surface area contributed by atoms with Crippen molar-refractivity contribution >= 4 is 39.2 Å². The summed E-state index contributed by atoms with van der Waals surface area (Å²) in [7, 11) is -3.61. The molecule has 0 bridgehead atoms. The standard InChI is InChI=1S/C24H29N3O6S/c1-16-4-10-22(11-5-16)34(31,32)27-14-12-19(13-15-27)24(30)33-17(2)23(29)26-21-8-6-20(7-9-21)25-18(3)28/h4-11,17,19H,12-15H2,1-3H3,(H,25,28)(H,26,29)/t17-/m1/s1. The highest BCUT2D eigenvalue weighted by Gasteiger charge is 2.34. The second-order valence-corrected chi connectivity index (χ2v) is 10.3. The summed E-state index contributed by atoms with van der Waals surface area (Å²) in [5, 5.41) is 5.30. The first-order chi connectivity index (χ1) is 16.1. The third-order valence-corrected chi connectivity index (χ3v) is 7.49. The Morgan fingerprint density at radius 3 is 2.00 bits per heavy atom. The molecule has 0 unspecified atom stereocenters. The quantitative estimate of drug-likeness (QED) is 0.579. The van der Waals surface area contributed by atoms with Crippen molar-refractivity contribution in [1.29, 1.82) is 0 Å². The van der Waals surface area contributed by atoms with Crippen molar-refractivity contribution in [2.24, 2.45) is 5.92 Å². The molecule has 2 aromatic rings. The van der Waals surface area contributed by atoms with Crippen LogP contribution in [0.1, 0.15) is 32.3 Å². The molecule has 182 valence electrons. The van der Waals surface area contributed by atoms with Crippen LogP contribution in [0.25, 0.3) is 0 Å². The van der Waals surface area contributed by atoms with Gasteiger partial charge in [0.15, 0.2) is 6.10 Å². The Morgan fingerprint density at radius 2 is 1.47 bits per heavy atom. The van der Waals surface area contributed by atoms with Crippen LogP contribution in [0, 0.1) is 12.8 Å². The van der Waals surface area contributed by atoms with Crippen molar-refractivity contribution in [2.75, 3.05) is 23.7 Å². The SMILES string of the molecule is CC(=O)Nc1ccc(NC(=O)[C@@H](C)OC(=O)C2CCN(S(=O)(=O)c3ccc(C)cc3)CC2)cc1. The predicted molar refractivity (Wildman–Crippen MR) is 128 cm³/mol. The molecule has 0 radical (unpaired) electrons. The van der Waals surface area contributed by atoms with Crippen LogP contribution in [0.3, 0.4) is 0 Å². The molecule has 0 spiro atoms. The van der Waals surface area contributed by atoms with Crippen LogP contribution >= 0.6 is 0 Å². The van der Waals surface area contributed by atoms with Crippen molar-refractivity contribution in [3.63, 3.8) is 0 Å². The van der Waals surface area contributed by atoms with Gasteiger partial charge in [0, 0.05) is 31.4 Å². The molecule has 0 saturated carbocycles. The maximum absolute atomic E-state index is 12.8. The molecule has 10 heteroatoms. The highest BCUT2D eigenvalue weighted by atomic mass is 32.2. The molecule has 1 atom stereocenters. The zero-order chi connectivity index (χ0) is 24.9. The maximum Gasteiger partial charge on any atom is 0.309 e. The fourth-order valence-corrected chi connectivity index (χ4v) is 5.07. The number of rotatable bonds is 7. The van der Waals surface area contributed by atoms with Crippen LogP contribution in [0.15, 0.2) is 53.4 Å². The third-order valence-electron chi connectivity index (χ3n) is 5.58. The second-order valence-electron chi connectivity index (χ2n) is 8.32. The molecule has 2 N–H and O–H groups in total. The van der Waals surface area contributed by atoms with E-state index >= 15 is 0 Å². The summed E-state index contributed by atoms with van der Waals surface area (Å²) in [4.78, 5) is 36.3. The Kier molecular flexibility index (Phi) is 8.06. The summed E-state index contributed by atoms with van der Waals surface area (Å²) >= 11 is 0. The summed E-state index contributed by atoms with van der Waals surface area (Å²) in [5.74, 6) is -1.68. The van der Waals surface area contributed by atoms with Crippen LogP contribution in [0.2, 0.25) is 0 Å². The van der Waals surface area contributed by atoms with Gasteiger partial charge in [0.05, 0.1) is 10.8 Å². The minimum absolute atomic E-state index is 0.198. The second kappa shape index (κ2) is 10.8. The van der Waals surface area contributed by atoms with Crippen molar-refractivity contribution in [1.82, 2.24) is 4.31 Å². The van der Waals surface area contributed by atoms with E-state index in [1.165, 1.54) is 18.2 Å². The number of ether oxygens (including phenoxy) is 1. The Bertz CT molecular complexity index is 1140. The molecule has 2 amide bonds. The van der Waals surface area contributed by atoms with Crippen LogP contribution in [0.5, 0.6) is 0 Å². The number of esters is 1. The van der Waals surface area contributed by atoms with Gasteiger partial charge in [0.2, 0.25) is 15.9 Å². The smallest absolute Gasteiger partial charge is 0.309 e. The number of carbonyl (C=O) groups is 3. The van der Waals surface area contributed by atoms with E-state index < -0.39 is 33.9 Å².